The van der Waals surface area contributed by atoms with E-state index in [1.165, 1.54) is 0 Å². The molecule has 0 bridgehead atoms. The number of hydrogen-bond acceptors (Lipinski definition) is 3. The molecule has 144 valence electrons. The van der Waals surface area contributed by atoms with Crippen LogP contribution in [0.1, 0.15) is 11.3 Å². The molecule has 0 aliphatic heterocycles. The van der Waals surface area contributed by atoms with Crippen molar-refractivity contribution in [3.63, 3.8) is 0 Å². The van der Waals surface area contributed by atoms with E-state index >= 15 is 0 Å². The van der Waals surface area contributed by atoms with E-state index in [1.54, 1.807) is 10.9 Å². The molecule has 1 heterocycles. The molecule has 1 aromatic heterocycles. The number of rotatable bonds is 5. The largest absolute Gasteiger partial charge is 0.356 e. The molecule has 0 radical (unpaired) electrons. The predicted octanol–water partition coefficient (Wildman–Crippen LogP) is 4.98. The van der Waals surface area contributed by atoms with E-state index in [0.717, 1.165) is 28.3 Å². The molecule has 1 N–H and O–H groups in total. The Morgan fingerprint density at radius 3 is 2.07 bits per heavy atom. The Hall–Kier alpha value is -3.86. The minimum absolute atomic E-state index is 0.130. The quantitative estimate of drug-likeness (QED) is 0.495. The monoisotopic (exact) mass is 382 g/mol. The van der Waals surface area contributed by atoms with Gasteiger partial charge in [-0.05, 0) is 48.9 Å². The minimum Gasteiger partial charge on any atom is -0.356 e. The summed E-state index contributed by atoms with van der Waals surface area (Å²) in [6.45, 7) is 1.90. The number of nitrogens with zero attached hydrogens (tertiary/aromatic N) is 3. The molecule has 0 fully saturated rings. The van der Waals surface area contributed by atoms with Gasteiger partial charge < -0.3 is 5.32 Å². The third-order valence-corrected chi connectivity index (χ3v) is 4.84. The van der Waals surface area contributed by atoms with Crippen molar-refractivity contribution in [2.24, 2.45) is 12.0 Å². The van der Waals surface area contributed by atoms with Crippen LogP contribution >= 0.6 is 0 Å². The summed E-state index contributed by atoms with van der Waals surface area (Å²) in [6, 6.07) is 27.5. The normalized spacial score (nSPS) is 11.1. The zero-order valence-electron chi connectivity index (χ0n) is 16.4. The van der Waals surface area contributed by atoms with E-state index in [-0.39, 0.29) is 5.56 Å². The molecular weight excluding hydrogens is 360 g/mol. The van der Waals surface area contributed by atoms with E-state index in [1.807, 2.05) is 104 Å². The number of nitrogens with one attached hydrogen (secondary N) is 1. The summed E-state index contributed by atoms with van der Waals surface area (Å²) in [4.78, 5) is 17.4. The maximum Gasteiger partial charge on any atom is 0.297 e. The topological polar surface area (TPSA) is 51.3 Å². The van der Waals surface area contributed by atoms with Crippen molar-refractivity contribution in [1.29, 1.82) is 0 Å². The smallest absolute Gasteiger partial charge is 0.297 e. The first kappa shape index (κ1) is 18.5. The van der Waals surface area contributed by atoms with Gasteiger partial charge in [-0.25, -0.2) is 9.67 Å². The van der Waals surface area contributed by atoms with Crippen molar-refractivity contribution in [3.8, 4) is 5.69 Å². The summed E-state index contributed by atoms with van der Waals surface area (Å²) in [6.07, 6.45) is 1.73. The second-order valence-electron chi connectivity index (χ2n) is 6.78. The summed E-state index contributed by atoms with van der Waals surface area (Å²) >= 11 is 0. The van der Waals surface area contributed by atoms with Gasteiger partial charge in [0.25, 0.3) is 5.56 Å². The molecule has 3 aromatic carbocycles. The van der Waals surface area contributed by atoms with Crippen LogP contribution < -0.4 is 10.9 Å². The Balaban J connectivity index is 1.57. The molecule has 0 amide bonds. The fourth-order valence-electron chi connectivity index (χ4n) is 3.18. The van der Waals surface area contributed by atoms with Gasteiger partial charge in [0.1, 0.15) is 0 Å². The number of hydrogen-bond donors (Lipinski definition) is 1. The summed E-state index contributed by atoms with van der Waals surface area (Å²) < 4.78 is 3.46. The zero-order chi connectivity index (χ0) is 20.2. The van der Waals surface area contributed by atoms with Gasteiger partial charge in [0.2, 0.25) is 0 Å². The van der Waals surface area contributed by atoms with Crippen molar-refractivity contribution < 1.29 is 0 Å². The highest BCUT2D eigenvalue weighted by Crippen LogP contribution is 2.18. The molecule has 0 atom stereocenters. The Kier molecular flexibility index (Phi) is 5.12. The third kappa shape index (κ3) is 3.89. The fraction of sp³-hybridized carbons (Fsp3) is 0.0833. The predicted molar refractivity (Wildman–Crippen MR) is 119 cm³/mol. The number of anilines is 2. The summed E-state index contributed by atoms with van der Waals surface area (Å²) in [5.41, 5.74) is 4.92. The van der Waals surface area contributed by atoms with Crippen molar-refractivity contribution in [1.82, 2.24) is 9.36 Å². The molecule has 0 saturated heterocycles. The molecule has 4 rings (SSSR count). The van der Waals surface area contributed by atoms with E-state index in [0.29, 0.717) is 5.69 Å². The first-order chi connectivity index (χ1) is 14.1. The van der Waals surface area contributed by atoms with Crippen LogP contribution in [0.25, 0.3) is 5.69 Å². The molecule has 0 saturated carbocycles. The molecule has 0 aliphatic carbocycles. The van der Waals surface area contributed by atoms with Gasteiger partial charge in [0.05, 0.1) is 11.4 Å². The Morgan fingerprint density at radius 2 is 1.41 bits per heavy atom. The maximum absolute atomic E-state index is 12.9. The summed E-state index contributed by atoms with van der Waals surface area (Å²) in [7, 11) is 1.87. The molecule has 0 spiro atoms. The van der Waals surface area contributed by atoms with Crippen LogP contribution in [0.3, 0.4) is 0 Å². The average Bonchev–Trinajstić information content (AvgIpc) is 2.97. The highest BCUT2D eigenvalue weighted by atomic mass is 16.1. The van der Waals surface area contributed by atoms with Crippen LogP contribution in [-0.2, 0) is 7.05 Å². The molecule has 4 aromatic rings. The summed E-state index contributed by atoms with van der Waals surface area (Å²) in [5.74, 6) is 0. The van der Waals surface area contributed by atoms with E-state index < -0.39 is 0 Å². The minimum atomic E-state index is -0.130. The van der Waals surface area contributed by atoms with Crippen molar-refractivity contribution in [3.05, 3.63) is 107 Å². The number of benzene rings is 3. The lowest BCUT2D eigenvalue weighted by Gasteiger charge is -2.07. The lowest BCUT2D eigenvalue weighted by Crippen LogP contribution is -2.19. The van der Waals surface area contributed by atoms with Crippen LogP contribution in [0.5, 0.6) is 0 Å². The molecule has 0 aliphatic rings. The van der Waals surface area contributed by atoms with Gasteiger partial charge in [-0.15, -0.1) is 0 Å². The van der Waals surface area contributed by atoms with Crippen molar-refractivity contribution >= 4 is 23.3 Å². The van der Waals surface area contributed by atoms with Crippen molar-refractivity contribution in [2.45, 2.75) is 6.92 Å². The van der Waals surface area contributed by atoms with Gasteiger partial charge >= 0.3 is 0 Å². The highest BCUT2D eigenvalue weighted by Gasteiger charge is 2.14. The lowest BCUT2D eigenvalue weighted by molar-refractivity contribution is 0.630. The van der Waals surface area contributed by atoms with E-state index in [9.17, 15) is 4.79 Å². The van der Waals surface area contributed by atoms with Crippen LogP contribution in [0.4, 0.5) is 17.1 Å². The second kappa shape index (κ2) is 8.02. The van der Waals surface area contributed by atoms with Crippen LogP contribution in [-0.4, -0.2) is 15.6 Å². The Morgan fingerprint density at radius 1 is 0.828 bits per heavy atom. The summed E-state index contributed by atoms with van der Waals surface area (Å²) in [5, 5.41) is 3.35. The van der Waals surface area contributed by atoms with Gasteiger partial charge in [0.15, 0.2) is 5.69 Å². The molecular formula is C24H22N4O. The number of aromatic nitrogens is 2. The Bertz CT molecular complexity index is 1190. The number of aliphatic imine (C=N–C) groups is 1. The lowest BCUT2D eigenvalue weighted by atomic mass is 10.2. The first-order valence-corrected chi connectivity index (χ1v) is 9.44. The van der Waals surface area contributed by atoms with Crippen LogP contribution in [0.2, 0.25) is 0 Å². The van der Waals surface area contributed by atoms with Crippen molar-refractivity contribution in [2.75, 3.05) is 5.32 Å². The van der Waals surface area contributed by atoms with Crippen LogP contribution in [0.15, 0.2) is 94.7 Å². The molecule has 5 nitrogen and oxygen atoms in total. The van der Waals surface area contributed by atoms with Gasteiger partial charge in [-0.3, -0.25) is 9.48 Å². The van der Waals surface area contributed by atoms with Gasteiger partial charge in [0, 0.05) is 24.6 Å². The molecule has 29 heavy (non-hydrogen) atoms. The maximum atomic E-state index is 12.9. The van der Waals surface area contributed by atoms with Gasteiger partial charge in [-0.1, -0.05) is 48.5 Å². The van der Waals surface area contributed by atoms with Crippen LogP contribution in [0, 0.1) is 6.92 Å². The zero-order valence-corrected chi connectivity index (χ0v) is 16.4. The standard InChI is InChI=1S/C24H22N4O/c1-18-23(24(29)28(27(18)2)22-11-7-4-8-12-22)25-17-19-13-15-21(16-14-19)26-20-9-5-3-6-10-20/h3-17,26H,1-2H3. The Labute approximate surface area is 169 Å². The SMILES string of the molecule is Cc1c(N=Cc2ccc(Nc3ccccc3)cc2)c(=O)n(-c2ccccc2)n1C. The van der Waals surface area contributed by atoms with E-state index in [2.05, 4.69) is 10.3 Å². The van der Waals surface area contributed by atoms with E-state index in [4.69, 9.17) is 0 Å². The number of para-hydroxylation sites is 2. The molecule has 5 heteroatoms. The molecule has 0 unspecified atom stereocenters. The fourth-order valence-corrected chi connectivity index (χ4v) is 3.18. The average molecular weight is 382 g/mol. The second-order valence-corrected chi connectivity index (χ2v) is 6.78. The van der Waals surface area contributed by atoms with Gasteiger partial charge in [-0.2, -0.15) is 0 Å². The first-order valence-electron chi connectivity index (χ1n) is 9.44. The highest BCUT2D eigenvalue weighted by molar-refractivity contribution is 5.83. The third-order valence-electron chi connectivity index (χ3n) is 4.84.